The second kappa shape index (κ2) is 4.70. The number of primary amides is 1. The molecule has 2 aromatic rings. The van der Waals surface area contributed by atoms with Crippen molar-refractivity contribution in [3.63, 3.8) is 0 Å². The van der Waals surface area contributed by atoms with Gasteiger partial charge in [0.1, 0.15) is 11.6 Å². The number of hydrogen-bond donors (Lipinski definition) is 3. The third-order valence-electron chi connectivity index (χ3n) is 2.33. The van der Waals surface area contributed by atoms with Crippen LogP contribution in [-0.2, 0) is 0 Å². The summed E-state index contributed by atoms with van der Waals surface area (Å²) < 4.78 is 13.5. The zero-order valence-electron chi connectivity index (χ0n) is 9.35. The molecule has 0 saturated heterocycles. The summed E-state index contributed by atoms with van der Waals surface area (Å²) in [6.07, 6.45) is 1.34. The first kappa shape index (κ1) is 11.8. The number of rotatable bonds is 3. The van der Waals surface area contributed by atoms with E-state index in [9.17, 15) is 9.18 Å². The van der Waals surface area contributed by atoms with Gasteiger partial charge in [-0.3, -0.25) is 4.79 Å². The molecule has 5 N–H and O–H groups in total. The molecule has 6 heteroatoms. The van der Waals surface area contributed by atoms with E-state index < -0.39 is 11.7 Å². The third kappa shape index (κ3) is 2.37. The molecule has 0 spiro atoms. The largest absolute Gasteiger partial charge is 0.384 e. The van der Waals surface area contributed by atoms with Crippen LogP contribution in [0.25, 0.3) is 0 Å². The molecule has 2 rings (SSSR count). The summed E-state index contributed by atoms with van der Waals surface area (Å²) in [6, 6.07) is 7.41. The van der Waals surface area contributed by atoms with Gasteiger partial charge in [0.05, 0.1) is 23.1 Å². The van der Waals surface area contributed by atoms with Crippen molar-refractivity contribution in [2.45, 2.75) is 0 Å². The highest BCUT2D eigenvalue weighted by molar-refractivity contribution is 5.99. The molecule has 0 aliphatic heterocycles. The van der Waals surface area contributed by atoms with Crippen molar-refractivity contribution in [2.24, 2.45) is 5.73 Å². The number of benzene rings is 1. The average Bonchev–Trinajstić information content (AvgIpc) is 2.34. The Labute approximate surface area is 103 Å². The Bertz CT molecular complexity index is 600. The summed E-state index contributed by atoms with van der Waals surface area (Å²) in [5.41, 5.74) is 11.4. The molecule has 18 heavy (non-hydrogen) atoms. The zero-order chi connectivity index (χ0) is 13.1. The normalized spacial score (nSPS) is 10.1. The highest BCUT2D eigenvalue weighted by Crippen LogP contribution is 2.23. The quantitative estimate of drug-likeness (QED) is 0.767. The lowest BCUT2D eigenvalue weighted by Crippen LogP contribution is -2.14. The minimum atomic E-state index is -0.664. The minimum Gasteiger partial charge on any atom is -0.384 e. The van der Waals surface area contributed by atoms with E-state index in [1.807, 2.05) is 0 Å². The van der Waals surface area contributed by atoms with Gasteiger partial charge in [-0.25, -0.2) is 9.37 Å². The molecule has 0 radical (unpaired) electrons. The Morgan fingerprint density at radius 2 is 2.00 bits per heavy atom. The van der Waals surface area contributed by atoms with E-state index in [0.717, 1.165) is 0 Å². The molecule has 5 nitrogen and oxygen atoms in total. The lowest BCUT2D eigenvalue weighted by molar-refractivity contribution is 0.100. The van der Waals surface area contributed by atoms with Crippen LogP contribution in [0.4, 0.5) is 21.6 Å². The van der Waals surface area contributed by atoms with Crippen molar-refractivity contribution < 1.29 is 9.18 Å². The molecule has 0 atom stereocenters. The van der Waals surface area contributed by atoms with Gasteiger partial charge < -0.3 is 16.8 Å². The first-order valence-corrected chi connectivity index (χ1v) is 5.15. The van der Waals surface area contributed by atoms with Crippen molar-refractivity contribution in [2.75, 3.05) is 11.1 Å². The number of nitrogens with two attached hydrogens (primary N) is 2. The first-order chi connectivity index (χ1) is 8.58. The minimum absolute atomic E-state index is 0.158. The number of carbonyl (C=O) groups excluding carboxylic acids is 1. The maximum absolute atomic E-state index is 13.5. The summed E-state index contributed by atoms with van der Waals surface area (Å²) in [4.78, 5) is 15.1. The molecular weight excluding hydrogens is 235 g/mol. The first-order valence-electron chi connectivity index (χ1n) is 5.15. The summed E-state index contributed by atoms with van der Waals surface area (Å²) in [7, 11) is 0. The number of anilines is 3. The fraction of sp³-hybridized carbons (Fsp3) is 0. The second-order valence-corrected chi connectivity index (χ2v) is 3.62. The summed E-state index contributed by atoms with van der Waals surface area (Å²) in [5, 5.41) is 2.76. The number of halogens is 1. The van der Waals surface area contributed by atoms with Crippen LogP contribution in [0.5, 0.6) is 0 Å². The van der Waals surface area contributed by atoms with E-state index in [4.69, 9.17) is 11.5 Å². The van der Waals surface area contributed by atoms with Gasteiger partial charge in [-0.2, -0.15) is 0 Å². The van der Waals surface area contributed by atoms with E-state index in [1.165, 1.54) is 24.4 Å². The van der Waals surface area contributed by atoms with Crippen molar-refractivity contribution in [1.29, 1.82) is 0 Å². The molecule has 1 aromatic carbocycles. The Morgan fingerprint density at radius 3 is 2.67 bits per heavy atom. The van der Waals surface area contributed by atoms with Gasteiger partial charge in [0, 0.05) is 0 Å². The lowest BCUT2D eigenvalue weighted by atomic mass is 10.2. The highest BCUT2D eigenvalue weighted by Gasteiger charge is 2.11. The van der Waals surface area contributed by atoms with Crippen molar-refractivity contribution >= 4 is 23.1 Å². The summed E-state index contributed by atoms with van der Waals surface area (Å²) >= 11 is 0. The smallest absolute Gasteiger partial charge is 0.251 e. The monoisotopic (exact) mass is 246 g/mol. The fourth-order valence-electron chi connectivity index (χ4n) is 1.48. The van der Waals surface area contributed by atoms with Crippen LogP contribution < -0.4 is 16.8 Å². The van der Waals surface area contributed by atoms with Gasteiger partial charge in [0.25, 0.3) is 5.91 Å². The molecular formula is C12H11FN4O. The predicted octanol–water partition coefficient (Wildman–Crippen LogP) is 1.65. The SMILES string of the molecule is NC(=O)c1cc(N)ncc1Nc1ccccc1F. The van der Waals surface area contributed by atoms with E-state index in [1.54, 1.807) is 12.1 Å². The van der Waals surface area contributed by atoms with Crippen LogP contribution in [-0.4, -0.2) is 10.9 Å². The lowest BCUT2D eigenvalue weighted by Gasteiger charge is -2.10. The van der Waals surface area contributed by atoms with Gasteiger partial charge in [0.15, 0.2) is 0 Å². The van der Waals surface area contributed by atoms with Crippen LogP contribution in [0, 0.1) is 5.82 Å². The number of pyridine rings is 1. The van der Waals surface area contributed by atoms with Crippen LogP contribution in [0.2, 0.25) is 0 Å². The number of nitrogen functional groups attached to an aromatic ring is 1. The molecule has 92 valence electrons. The zero-order valence-corrected chi connectivity index (χ0v) is 9.35. The maximum atomic E-state index is 13.5. The van der Waals surface area contributed by atoms with Gasteiger partial charge in [0.2, 0.25) is 0 Å². The molecule has 0 saturated carbocycles. The van der Waals surface area contributed by atoms with Crippen LogP contribution >= 0.6 is 0 Å². The Balaban J connectivity index is 2.41. The van der Waals surface area contributed by atoms with Crippen LogP contribution in [0.3, 0.4) is 0 Å². The molecule has 0 aliphatic rings. The fourth-order valence-corrected chi connectivity index (χ4v) is 1.48. The van der Waals surface area contributed by atoms with Gasteiger partial charge in [-0.15, -0.1) is 0 Å². The predicted molar refractivity (Wildman–Crippen MR) is 66.8 cm³/mol. The molecule has 1 heterocycles. The van der Waals surface area contributed by atoms with E-state index >= 15 is 0 Å². The molecule has 0 fully saturated rings. The number of aromatic nitrogens is 1. The van der Waals surface area contributed by atoms with Crippen molar-refractivity contribution in [3.05, 3.63) is 47.9 Å². The summed E-state index contributed by atoms with van der Waals surface area (Å²) in [6.45, 7) is 0. The van der Waals surface area contributed by atoms with Crippen LogP contribution in [0.1, 0.15) is 10.4 Å². The van der Waals surface area contributed by atoms with Gasteiger partial charge in [-0.05, 0) is 18.2 Å². The standard InChI is InChI=1S/C12H11FN4O/c13-8-3-1-2-4-9(8)17-10-6-16-11(14)5-7(10)12(15)18/h1-6,17H,(H2,14,16)(H2,15,18). The van der Waals surface area contributed by atoms with E-state index in [-0.39, 0.29) is 17.1 Å². The molecule has 0 bridgehead atoms. The maximum Gasteiger partial charge on any atom is 0.251 e. The number of nitrogens with one attached hydrogen (secondary N) is 1. The Kier molecular flexibility index (Phi) is 3.09. The molecule has 0 unspecified atom stereocenters. The number of amides is 1. The Morgan fingerprint density at radius 1 is 1.28 bits per heavy atom. The van der Waals surface area contributed by atoms with Gasteiger partial charge >= 0.3 is 0 Å². The Hall–Kier alpha value is -2.63. The second-order valence-electron chi connectivity index (χ2n) is 3.62. The number of para-hydroxylation sites is 1. The topological polar surface area (TPSA) is 94.0 Å². The number of nitrogens with zero attached hydrogens (tertiary/aromatic N) is 1. The highest BCUT2D eigenvalue weighted by atomic mass is 19.1. The van der Waals surface area contributed by atoms with Crippen molar-refractivity contribution in [1.82, 2.24) is 4.98 Å². The average molecular weight is 246 g/mol. The van der Waals surface area contributed by atoms with Gasteiger partial charge in [-0.1, -0.05) is 12.1 Å². The molecule has 1 aromatic heterocycles. The van der Waals surface area contributed by atoms with Crippen molar-refractivity contribution in [3.8, 4) is 0 Å². The number of carbonyl (C=O) groups is 1. The summed E-state index contributed by atoms with van der Waals surface area (Å²) in [5.74, 6) is -0.935. The molecule has 1 amide bonds. The van der Waals surface area contributed by atoms with E-state index in [2.05, 4.69) is 10.3 Å². The van der Waals surface area contributed by atoms with Crippen LogP contribution in [0.15, 0.2) is 36.5 Å². The van der Waals surface area contributed by atoms with E-state index in [0.29, 0.717) is 5.69 Å². The molecule has 0 aliphatic carbocycles. The third-order valence-corrected chi connectivity index (χ3v) is 2.33. The number of hydrogen-bond acceptors (Lipinski definition) is 4.